The van der Waals surface area contributed by atoms with Crippen molar-refractivity contribution in [3.63, 3.8) is 0 Å². The van der Waals surface area contributed by atoms with Crippen molar-refractivity contribution < 1.29 is 23.0 Å². The Morgan fingerprint density at radius 3 is 2.62 bits per heavy atom. The SMILES string of the molecule is C=CC(=O)Nc1cc2c(Nc3cc(-c4ccc(F)cc4F)ccc3OC)ncnc2cc1N1CC2(COC2)C1. The third-order valence-corrected chi connectivity index (χ3v) is 7.10. The molecule has 2 saturated heterocycles. The lowest BCUT2D eigenvalue weighted by atomic mass is 9.77. The van der Waals surface area contributed by atoms with Gasteiger partial charge in [-0.15, -0.1) is 0 Å². The maximum absolute atomic E-state index is 14.5. The van der Waals surface area contributed by atoms with E-state index in [0.717, 1.165) is 38.1 Å². The van der Waals surface area contributed by atoms with Gasteiger partial charge in [-0.25, -0.2) is 18.7 Å². The molecule has 2 aliphatic heterocycles. The number of fused-ring (bicyclic) bond motifs is 1. The molecule has 1 aromatic heterocycles. The molecule has 39 heavy (non-hydrogen) atoms. The Hall–Kier alpha value is -4.57. The van der Waals surface area contributed by atoms with Crippen molar-refractivity contribution in [1.29, 1.82) is 0 Å². The molecule has 0 atom stereocenters. The van der Waals surface area contributed by atoms with Crippen LogP contribution in [0, 0.1) is 17.0 Å². The number of carbonyl (C=O) groups excluding carboxylic acids is 1. The van der Waals surface area contributed by atoms with Crippen LogP contribution in [-0.2, 0) is 9.53 Å². The van der Waals surface area contributed by atoms with Crippen molar-refractivity contribution in [3.8, 4) is 16.9 Å². The molecule has 2 fully saturated rings. The zero-order valence-corrected chi connectivity index (χ0v) is 21.1. The fourth-order valence-electron chi connectivity index (χ4n) is 5.07. The molecule has 2 aliphatic rings. The minimum absolute atomic E-state index is 0.179. The highest BCUT2D eigenvalue weighted by molar-refractivity contribution is 6.05. The summed E-state index contributed by atoms with van der Waals surface area (Å²) in [6.45, 7) is 6.71. The van der Waals surface area contributed by atoms with Crippen LogP contribution in [-0.4, -0.2) is 49.3 Å². The van der Waals surface area contributed by atoms with Gasteiger partial charge in [0.05, 0.1) is 48.3 Å². The molecule has 0 aliphatic carbocycles. The van der Waals surface area contributed by atoms with E-state index in [-0.39, 0.29) is 16.9 Å². The number of benzene rings is 3. The first-order chi connectivity index (χ1) is 18.9. The summed E-state index contributed by atoms with van der Waals surface area (Å²) in [7, 11) is 1.53. The van der Waals surface area contributed by atoms with Crippen LogP contribution >= 0.6 is 0 Å². The average Bonchev–Trinajstić information content (AvgIpc) is 2.87. The van der Waals surface area contributed by atoms with Gasteiger partial charge in [-0.3, -0.25) is 4.79 Å². The van der Waals surface area contributed by atoms with Crippen LogP contribution in [0.2, 0.25) is 0 Å². The van der Waals surface area contributed by atoms with E-state index < -0.39 is 11.6 Å². The highest BCUT2D eigenvalue weighted by Gasteiger charge is 2.49. The number of aromatic nitrogens is 2. The van der Waals surface area contributed by atoms with E-state index in [1.807, 2.05) is 12.1 Å². The highest BCUT2D eigenvalue weighted by atomic mass is 19.1. The topological polar surface area (TPSA) is 88.6 Å². The first kappa shape index (κ1) is 24.7. The second kappa shape index (κ2) is 9.63. The van der Waals surface area contributed by atoms with Crippen LogP contribution < -0.4 is 20.3 Å². The molecule has 0 saturated carbocycles. The summed E-state index contributed by atoms with van der Waals surface area (Å²) in [5, 5.41) is 6.84. The molecule has 3 heterocycles. The first-order valence-corrected chi connectivity index (χ1v) is 12.3. The van der Waals surface area contributed by atoms with Crippen molar-refractivity contribution in [2.24, 2.45) is 5.41 Å². The van der Waals surface area contributed by atoms with Gasteiger partial charge in [-0.1, -0.05) is 12.6 Å². The minimum atomic E-state index is -0.671. The largest absolute Gasteiger partial charge is 0.495 e. The summed E-state index contributed by atoms with van der Waals surface area (Å²) in [4.78, 5) is 23.4. The Morgan fingerprint density at radius 1 is 1.10 bits per heavy atom. The lowest BCUT2D eigenvalue weighted by Crippen LogP contribution is -2.66. The Kier molecular flexibility index (Phi) is 6.11. The number of methoxy groups -OCH3 is 1. The molecular formula is C29H25F2N5O3. The fraction of sp³-hybridized carbons (Fsp3) is 0.207. The molecule has 4 aromatic rings. The predicted molar refractivity (Wildman–Crippen MR) is 145 cm³/mol. The maximum Gasteiger partial charge on any atom is 0.247 e. The van der Waals surface area contributed by atoms with Crippen molar-refractivity contribution in [1.82, 2.24) is 9.97 Å². The number of carbonyl (C=O) groups is 1. The summed E-state index contributed by atoms with van der Waals surface area (Å²) in [6.07, 6.45) is 2.67. The van der Waals surface area contributed by atoms with E-state index in [1.54, 1.807) is 18.2 Å². The van der Waals surface area contributed by atoms with Gasteiger partial charge in [0.15, 0.2) is 0 Å². The van der Waals surface area contributed by atoms with Gasteiger partial charge < -0.3 is 25.0 Å². The molecule has 1 spiro atoms. The Morgan fingerprint density at radius 2 is 1.92 bits per heavy atom. The quantitative estimate of drug-likeness (QED) is 0.315. The van der Waals surface area contributed by atoms with Crippen LogP contribution in [0.5, 0.6) is 5.75 Å². The van der Waals surface area contributed by atoms with Gasteiger partial charge >= 0.3 is 0 Å². The molecule has 0 bridgehead atoms. The zero-order valence-electron chi connectivity index (χ0n) is 21.1. The number of amides is 1. The molecule has 198 valence electrons. The highest BCUT2D eigenvalue weighted by Crippen LogP contribution is 2.44. The summed E-state index contributed by atoms with van der Waals surface area (Å²) in [6, 6.07) is 12.3. The summed E-state index contributed by atoms with van der Waals surface area (Å²) in [5.74, 6) is -0.694. The maximum atomic E-state index is 14.5. The van der Waals surface area contributed by atoms with Crippen molar-refractivity contribution in [3.05, 3.63) is 79.1 Å². The van der Waals surface area contributed by atoms with E-state index in [2.05, 4.69) is 32.1 Å². The molecular weight excluding hydrogens is 504 g/mol. The second-order valence-electron chi connectivity index (χ2n) is 9.82. The fourth-order valence-corrected chi connectivity index (χ4v) is 5.07. The van der Waals surface area contributed by atoms with E-state index >= 15 is 0 Å². The Labute approximate surface area is 223 Å². The van der Waals surface area contributed by atoms with Gasteiger partial charge in [-0.05, 0) is 48.0 Å². The Bertz CT molecular complexity index is 1610. The smallest absolute Gasteiger partial charge is 0.247 e. The zero-order chi connectivity index (χ0) is 27.1. The number of halogens is 2. The number of ether oxygens (including phenoxy) is 2. The van der Waals surface area contributed by atoms with E-state index in [4.69, 9.17) is 9.47 Å². The molecule has 2 N–H and O–H groups in total. The van der Waals surface area contributed by atoms with Crippen LogP contribution in [0.25, 0.3) is 22.0 Å². The average molecular weight is 530 g/mol. The van der Waals surface area contributed by atoms with Gasteiger partial charge in [0.2, 0.25) is 5.91 Å². The molecule has 0 unspecified atom stereocenters. The monoisotopic (exact) mass is 529 g/mol. The lowest BCUT2D eigenvalue weighted by molar-refractivity contribution is -0.127. The van der Waals surface area contributed by atoms with E-state index in [9.17, 15) is 13.6 Å². The first-order valence-electron chi connectivity index (χ1n) is 12.3. The molecule has 10 heteroatoms. The molecule has 6 rings (SSSR count). The van der Waals surface area contributed by atoms with Gasteiger partial charge in [0, 0.05) is 30.1 Å². The van der Waals surface area contributed by atoms with Crippen LogP contribution in [0.15, 0.2) is 67.5 Å². The Balaban J connectivity index is 1.39. The number of hydrogen-bond acceptors (Lipinski definition) is 7. The molecule has 0 radical (unpaired) electrons. The number of hydrogen-bond donors (Lipinski definition) is 2. The van der Waals surface area contributed by atoms with Crippen LogP contribution in [0.4, 0.5) is 31.7 Å². The number of anilines is 4. The summed E-state index contributed by atoms with van der Waals surface area (Å²) in [5.41, 5.74) is 3.61. The van der Waals surface area contributed by atoms with Crippen molar-refractivity contribution in [2.75, 3.05) is 48.9 Å². The predicted octanol–water partition coefficient (Wildman–Crippen LogP) is 5.29. The summed E-state index contributed by atoms with van der Waals surface area (Å²) >= 11 is 0. The standard InChI is InChI=1S/C29H25F2N5O3/c1-3-27(37)34-23-10-20-22(11-25(23)36-12-29(13-36)14-39-15-29)32-16-33-28(20)35-24-8-17(4-7-26(24)38-2)19-6-5-18(30)9-21(19)31/h3-11,16H,1,12-15H2,2H3,(H,34,37)(H,32,33,35). The van der Waals surface area contributed by atoms with Gasteiger partial charge in [0.1, 0.15) is 29.5 Å². The van der Waals surface area contributed by atoms with Crippen molar-refractivity contribution >= 4 is 39.7 Å². The third kappa shape index (κ3) is 4.52. The van der Waals surface area contributed by atoms with Crippen LogP contribution in [0.3, 0.4) is 0 Å². The number of nitrogens with one attached hydrogen (secondary N) is 2. The second-order valence-corrected chi connectivity index (χ2v) is 9.82. The van der Waals surface area contributed by atoms with E-state index in [0.29, 0.717) is 39.4 Å². The number of nitrogens with zero attached hydrogens (tertiary/aromatic N) is 3. The molecule has 1 amide bonds. The van der Waals surface area contributed by atoms with Crippen LogP contribution in [0.1, 0.15) is 0 Å². The third-order valence-electron chi connectivity index (χ3n) is 7.10. The molecule has 3 aromatic carbocycles. The number of rotatable bonds is 7. The summed E-state index contributed by atoms with van der Waals surface area (Å²) < 4.78 is 38.9. The minimum Gasteiger partial charge on any atom is -0.495 e. The lowest BCUT2D eigenvalue weighted by Gasteiger charge is -2.56. The van der Waals surface area contributed by atoms with Gasteiger partial charge in [0.25, 0.3) is 0 Å². The van der Waals surface area contributed by atoms with E-state index in [1.165, 1.54) is 31.6 Å². The van der Waals surface area contributed by atoms with Crippen molar-refractivity contribution in [2.45, 2.75) is 0 Å². The molecule has 8 nitrogen and oxygen atoms in total. The normalized spacial score (nSPS) is 15.4. The van der Waals surface area contributed by atoms with Gasteiger partial charge in [-0.2, -0.15) is 0 Å².